The zero-order valence-electron chi connectivity index (χ0n) is 12.1. The van der Waals surface area contributed by atoms with Gasteiger partial charge in [-0.3, -0.25) is 0 Å². The summed E-state index contributed by atoms with van der Waals surface area (Å²) in [6, 6.07) is 5.09. The number of unbranched alkanes of at least 4 members (excludes halogenated alkanes) is 1. The average Bonchev–Trinajstić information content (AvgIpc) is 2.46. The summed E-state index contributed by atoms with van der Waals surface area (Å²) in [5, 5.41) is 9.09. The van der Waals surface area contributed by atoms with Crippen molar-refractivity contribution in [3.8, 4) is 11.5 Å². The minimum atomic E-state index is -0.396. The summed E-state index contributed by atoms with van der Waals surface area (Å²) < 4.78 is 15.8. The monoisotopic (exact) mass is 282 g/mol. The van der Waals surface area contributed by atoms with Gasteiger partial charge in [-0.25, -0.2) is 4.79 Å². The smallest absolute Gasteiger partial charge is 0.344 e. The molecule has 0 radical (unpaired) electrons. The van der Waals surface area contributed by atoms with Crippen molar-refractivity contribution in [2.24, 2.45) is 0 Å². The molecule has 0 bridgehead atoms. The Bertz CT molecular complexity index is 417. The first kappa shape index (κ1) is 16.3. The predicted octanol–water partition coefficient (Wildman–Crippen LogP) is 2.30. The zero-order chi connectivity index (χ0) is 14.8. The van der Waals surface area contributed by atoms with Crippen LogP contribution in [0.4, 0.5) is 0 Å². The predicted molar refractivity (Wildman–Crippen MR) is 74.9 cm³/mol. The van der Waals surface area contributed by atoms with Gasteiger partial charge in [0.25, 0.3) is 0 Å². The third-order valence-electron chi connectivity index (χ3n) is 2.60. The summed E-state index contributed by atoms with van der Waals surface area (Å²) in [7, 11) is 0. The van der Waals surface area contributed by atoms with Gasteiger partial charge in [0.05, 0.1) is 19.8 Å². The van der Waals surface area contributed by atoms with Gasteiger partial charge < -0.3 is 19.3 Å². The van der Waals surface area contributed by atoms with Gasteiger partial charge in [0.1, 0.15) is 0 Å². The summed E-state index contributed by atoms with van der Waals surface area (Å²) >= 11 is 0. The molecule has 0 aliphatic rings. The third-order valence-corrected chi connectivity index (χ3v) is 2.60. The van der Waals surface area contributed by atoms with E-state index in [-0.39, 0.29) is 13.2 Å². The fourth-order valence-corrected chi connectivity index (χ4v) is 1.55. The Hall–Kier alpha value is -1.75. The summed E-state index contributed by atoms with van der Waals surface area (Å²) in [6.07, 6.45) is 1.83. The highest BCUT2D eigenvalue weighted by Gasteiger charge is 2.09. The van der Waals surface area contributed by atoms with E-state index in [4.69, 9.17) is 19.3 Å². The number of ether oxygens (including phenoxy) is 3. The molecule has 0 saturated heterocycles. The fraction of sp³-hybridized carbons (Fsp3) is 0.533. The molecule has 0 aliphatic carbocycles. The van der Waals surface area contributed by atoms with Crippen LogP contribution in [0.1, 0.15) is 32.3 Å². The third kappa shape index (κ3) is 5.48. The number of aliphatic hydroxyl groups excluding tert-OH is 1. The van der Waals surface area contributed by atoms with Crippen molar-refractivity contribution in [3.63, 3.8) is 0 Å². The second-order valence-electron chi connectivity index (χ2n) is 4.23. The van der Waals surface area contributed by atoms with E-state index < -0.39 is 5.97 Å². The molecule has 0 amide bonds. The molecule has 0 aliphatic heterocycles. The van der Waals surface area contributed by atoms with Crippen LogP contribution in [0, 0.1) is 0 Å². The topological polar surface area (TPSA) is 65.0 Å². The normalized spacial score (nSPS) is 10.2. The largest absolute Gasteiger partial charge is 0.490 e. The van der Waals surface area contributed by atoms with Gasteiger partial charge in [-0.1, -0.05) is 19.4 Å². The number of hydrogen-bond donors (Lipinski definition) is 1. The summed E-state index contributed by atoms with van der Waals surface area (Å²) in [6.45, 7) is 4.56. The number of rotatable bonds is 9. The number of hydrogen-bond acceptors (Lipinski definition) is 5. The molecule has 5 nitrogen and oxygen atoms in total. The molecule has 5 heteroatoms. The van der Waals surface area contributed by atoms with Gasteiger partial charge in [0, 0.05) is 0 Å². The molecule has 0 spiro atoms. The number of esters is 1. The molecule has 0 atom stereocenters. The molecule has 0 aromatic heterocycles. The van der Waals surface area contributed by atoms with E-state index in [9.17, 15) is 4.79 Å². The van der Waals surface area contributed by atoms with Gasteiger partial charge in [-0.2, -0.15) is 0 Å². The van der Waals surface area contributed by atoms with Crippen molar-refractivity contribution >= 4 is 5.97 Å². The Balaban J connectivity index is 2.55. The number of benzene rings is 1. The minimum absolute atomic E-state index is 0.0700. The quantitative estimate of drug-likeness (QED) is 0.556. The van der Waals surface area contributed by atoms with Gasteiger partial charge in [0.15, 0.2) is 18.1 Å². The number of carbonyl (C=O) groups excluding carboxylic acids is 1. The highest BCUT2D eigenvalue weighted by atomic mass is 16.6. The molecule has 0 heterocycles. The van der Waals surface area contributed by atoms with Crippen molar-refractivity contribution < 1.29 is 24.1 Å². The minimum Gasteiger partial charge on any atom is -0.490 e. The maximum atomic E-state index is 11.5. The molecular formula is C15H22O5. The van der Waals surface area contributed by atoms with Crippen LogP contribution in [-0.2, 0) is 16.1 Å². The van der Waals surface area contributed by atoms with Crippen molar-refractivity contribution in [2.45, 2.75) is 33.3 Å². The van der Waals surface area contributed by atoms with E-state index in [0.717, 1.165) is 18.4 Å². The van der Waals surface area contributed by atoms with E-state index in [0.29, 0.717) is 24.7 Å². The number of aliphatic hydroxyl groups is 1. The number of carbonyl (C=O) groups is 1. The zero-order valence-corrected chi connectivity index (χ0v) is 12.1. The Kier molecular flexibility index (Phi) is 7.50. The van der Waals surface area contributed by atoms with Crippen LogP contribution in [0.15, 0.2) is 18.2 Å². The summed E-state index contributed by atoms with van der Waals surface area (Å²) in [5.41, 5.74) is 0.728. The maximum Gasteiger partial charge on any atom is 0.344 e. The highest BCUT2D eigenvalue weighted by molar-refractivity contribution is 5.71. The average molecular weight is 282 g/mol. The maximum absolute atomic E-state index is 11.5. The first-order valence-corrected chi connectivity index (χ1v) is 6.86. The SMILES string of the molecule is CCCCOC(=O)COc1ccc(CO)cc1OCC. The van der Waals surface area contributed by atoms with Crippen molar-refractivity contribution in [2.75, 3.05) is 19.8 Å². The lowest BCUT2D eigenvalue weighted by atomic mass is 10.2. The molecule has 20 heavy (non-hydrogen) atoms. The standard InChI is InChI=1S/C15H22O5/c1-3-5-8-19-15(17)11-20-13-7-6-12(10-16)9-14(13)18-4-2/h6-7,9,16H,3-5,8,10-11H2,1-2H3. The van der Waals surface area contributed by atoms with E-state index >= 15 is 0 Å². The summed E-state index contributed by atoms with van der Waals surface area (Å²) in [5.74, 6) is 0.587. The van der Waals surface area contributed by atoms with Crippen molar-refractivity contribution in [1.82, 2.24) is 0 Å². The molecule has 1 rings (SSSR count). The first-order valence-electron chi connectivity index (χ1n) is 6.86. The van der Waals surface area contributed by atoms with Crippen LogP contribution >= 0.6 is 0 Å². The van der Waals surface area contributed by atoms with Crippen LogP contribution in [0.25, 0.3) is 0 Å². The molecule has 0 saturated carbocycles. The van der Waals surface area contributed by atoms with Crippen LogP contribution in [0.3, 0.4) is 0 Å². The molecule has 1 aromatic carbocycles. The van der Waals surface area contributed by atoms with Crippen molar-refractivity contribution in [3.05, 3.63) is 23.8 Å². The van der Waals surface area contributed by atoms with E-state index in [2.05, 4.69) is 0 Å². The summed E-state index contributed by atoms with van der Waals surface area (Å²) in [4.78, 5) is 11.5. The Morgan fingerprint density at radius 3 is 2.65 bits per heavy atom. The van der Waals surface area contributed by atoms with Crippen molar-refractivity contribution in [1.29, 1.82) is 0 Å². The van der Waals surface area contributed by atoms with E-state index in [1.54, 1.807) is 18.2 Å². The van der Waals surface area contributed by atoms with Gasteiger partial charge in [-0.05, 0) is 31.0 Å². The Morgan fingerprint density at radius 1 is 1.20 bits per heavy atom. The molecule has 112 valence electrons. The molecule has 0 unspecified atom stereocenters. The molecule has 1 N–H and O–H groups in total. The van der Waals surface area contributed by atoms with E-state index in [1.807, 2.05) is 13.8 Å². The van der Waals surface area contributed by atoms with Crippen LogP contribution in [0.2, 0.25) is 0 Å². The molecule has 0 fully saturated rings. The van der Waals surface area contributed by atoms with Crippen LogP contribution < -0.4 is 9.47 Å². The van der Waals surface area contributed by atoms with Gasteiger partial charge in [0.2, 0.25) is 0 Å². The van der Waals surface area contributed by atoms with Gasteiger partial charge in [-0.15, -0.1) is 0 Å². The Labute approximate surface area is 119 Å². The van der Waals surface area contributed by atoms with Crippen LogP contribution in [0.5, 0.6) is 11.5 Å². The lowest BCUT2D eigenvalue weighted by Crippen LogP contribution is -2.16. The lowest BCUT2D eigenvalue weighted by molar-refractivity contribution is -0.146. The van der Waals surface area contributed by atoms with Gasteiger partial charge >= 0.3 is 5.97 Å². The first-order chi connectivity index (χ1) is 9.71. The second kappa shape index (κ2) is 9.20. The molecular weight excluding hydrogens is 260 g/mol. The highest BCUT2D eigenvalue weighted by Crippen LogP contribution is 2.28. The fourth-order valence-electron chi connectivity index (χ4n) is 1.55. The second-order valence-corrected chi connectivity index (χ2v) is 4.23. The molecule has 1 aromatic rings. The lowest BCUT2D eigenvalue weighted by Gasteiger charge is -2.12. The van der Waals surface area contributed by atoms with Crippen LogP contribution in [-0.4, -0.2) is 30.9 Å². The Morgan fingerprint density at radius 2 is 2.00 bits per heavy atom. The van der Waals surface area contributed by atoms with E-state index in [1.165, 1.54) is 0 Å².